The Balaban J connectivity index is 0.000000195. The lowest BCUT2D eigenvalue weighted by atomic mass is 9.89. The molecule has 0 aliphatic heterocycles. The van der Waals surface area contributed by atoms with E-state index < -0.39 is 0 Å². The highest BCUT2D eigenvalue weighted by Crippen LogP contribution is 2.47. The Bertz CT molecular complexity index is 6530. The summed E-state index contributed by atoms with van der Waals surface area (Å²) in [6.45, 7) is 8.41. The largest absolute Gasteiger partial charge is 0.497 e. The third-order valence-corrected chi connectivity index (χ3v) is 22.6. The minimum Gasteiger partial charge on any atom is -0.497 e. The van der Waals surface area contributed by atoms with Crippen molar-refractivity contribution in [3.63, 3.8) is 0 Å². The van der Waals surface area contributed by atoms with Crippen molar-refractivity contribution in [3.8, 4) is 261 Å². The highest BCUT2D eigenvalue weighted by Gasteiger charge is 2.24. The van der Waals surface area contributed by atoms with Gasteiger partial charge in [-0.15, -0.1) is 112 Å². The molecule has 0 saturated heterocycles. The molecule has 19 heteroatoms. The molecule has 0 atom stereocenters. The smallest absolute Gasteiger partial charge is 0.184 e. The fourth-order valence-electron chi connectivity index (χ4n) is 13.9. The highest BCUT2D eigenvalue weighted by atomic mass is 35.5. The number of ether oxygens (including phenoxy) is 11. The van der Waals surface area contributed by atoms with Crippen LogP contribution in [0.2, 0.25) is 0 Å². The monoisotopic (exact) mass is 1860 g/mol. The number of hydrogen-bond donors (Lipinski definition) is 0. The average Bonchev–Trinajstić information content (AvgIpc) is 0.812. The van der Waals surface area contributed by atoms with Gasteiger partial charge in [-0.2, -0.15) is 0 Å². The van der Waals surface area contributed by atoms with Crippen molar-refractivity contribution in [2.75, 3.05) is 56.9 Å². The average molecular weight is 1870 g/mol. The summed E-state index contributed by atoms with van der Waals surface area (Å²) in [6.07, 6.45) is 22.8. The van der Waals surface area contributed by atoms with Crippen molar-refractivity contribution in [3.05, 3.63) is 267 Å². The number of aryl methyl sites for hydroxylation is 4. The zero-order valence-corrected chi connectivity index (χ0v) is 79.0. The van der Waals surface area contributed by atoms with Crippen LogP contribution in [0, 0.1) is 136 Å². The Morgan fingerprint density at radius 1 is 0.217 bits per heavy atom. The summed E-state index contributed by atoms with van der Waals surface area (Å²) in [7, 11) is 13.1. The molecule has 129 heavy (non-hydrogen) atoms. The van der Waals surface area contributed by atoms with Crippen molar-refractivity contribution >= 4 is 92.8 Å². The first-order valence-corrected chi connectivity index (χ1v) is 43.8. The van der Waals surface area contributed by atoms with Crippen LogP contribution in [0.15, 0.2) is 200 Å². The summed E-state index contributed by atoms with van der Waals surface area (Å²) in [4.78, 5) is 0. The topological polar surface area (TPSA) is 102 Å². The van der Waals surface area contributed by atoms with Crippen molar-refractivity contribution in [1.82, 2.24) is 0 Å². The molecule has 0 N–H and O–H groups in total. The van der Waals surface area contributed by atoms with Gasteiger partial charge in [-0.05, 0) is 331 Å². The fraction of sp³-hybridized carbons (Fsp3) is 0.182. The molecule has 0 heterocycles. The summed E-state index contributed by atoms with van der Waals surface area (Å²) in [5.74, 6) is 38.7. The molecular formula is C110H88Cl8O11. The van der Waals surface area contributed by atoms with Gasteiger partial charge in [0.1, 0.15) is 70.1 Å². The van der Waals surface area contributed by atoms with Crippen LogP contribution in [0.25, 0.3) is 89.0 Å². The molecule has 0 aromatic heterocycles. The van der Waals surface area contributed by atoms with Gasteiger partial charge in [0.15, 0.2) is 11.5 Å². The Labute approximate surface area is 798 Å². The van der Waals surface area contributed by atoms with Gasteiger partial charge < -0.3 is 52.1 Å². The summed E-state index contributed by atoms with van der Waals surface area (Å²) >= 11 is 51.1. The summed E-state index contributed by atoms with van der Waals surface area (Å²) < 4.78 is 60.5. The molecule has 0 aliphatic rings. The second-order valence-corrected chi connectivity index (χ2v) is 30.1. The number of benzene rings is 12. The first-order valence-electron chi connectivity index (χ1n) is 39.6. The minimum absolute atomic E-state index is 0.246. The van der Waals surface area contributed by atoms with Gasteiger partial charge in [-0.3, -0.25) is 0 Å². The second-order valence-electron chi connectivity index (χ2n) is 28.0. The SMILES string of the molecule is C#CC#CC#CC#CC#COc1cccc(-c2cc(CCl)c(-c3cc(C)ccc3C)cc2CCl)c1.C#CC#COc1ccc(-c2cc(CCl)c(-c3cc(OC)ccc3OC)cc2CCl)cc1OC#CC#C.COc1ccc(OC)c(-c2cc(CCl)c(-c3cc(C)ccc3C)cc2CCl)c1.COc1ccc(OC)c(-c2cc(CCl)c(-c3cc(OC)ccc3OC)cc2CCl)c1. The van der Waals surface area contributed by atoms with Crippen LogP contribution >= 0.6 is 92.8 Å². The van der Waals surface area contributed by atoms with E-state index in [1.54, 1.807) is 69.0 Å². The van der Waals surface area contributed by atoms with Crippen LogP contribution in [-0.4, -0.2) is 56.9 Å². The summed E-state index contributed by atoms with van der Waals surface area (Å²) in [5.41, 5.74) is 28.2. The number of alkyl halides is 8. The zero-order chi connectivity index (χ0) is 92.9. The quantitative estimate of drug-likeness (QED) is 0.0363. The lowest BCUT2D eigenvalue weighted by molar-refractivity contribution is 0.404. The molecule has 12 aromatic rings. The second kappa shape index (κ2) is 51.0. The Morgan fingerprint density at radius 3 is 0.829 bits per heavy atom. The number of terminal acetylenes is 3. The molecule has 0 amide bonds. The van der Waals surface area contributed by atoms with E-state index in [-0.39, 0.29) is 11.8 Å². The van der Waals surface area contributed by atoms with Gasteiger partial charge in [0.05, 0.1) is 56.9 Å². The normalized spacial score (nSPS) is 9.87. The number of halogens is 8. The molecule has 650 valence electrons. The number of rotatable bonds is 27. The lowest BCUT2D eigenvalue weighted by Gasteiger charge is -2.19. The van der Waals surface area contributed by atoms with Crippen LogP contribution in [0.1, 0.15) is 66.8 Å². The van der Waals surface area contributed by atoms with Crippen LogP contribution < -0.4 is 52.1 Å². The van der Waals surface area contributed by atoms with Crippen molar-refractivity contribution in [2.24, 2.45) is 0 Å². The molecule has 0 aliphatic carbocycles. The van der Waals surface area contributed by atoms with E-state index >= 15 is 0 Å². The van der Waals surface area contributed by atoms with Gasteiger partial charge in [0.2, 0.25) is 0 Å². The standard InChI is InChI=1S/C32H20Cl2O.C30H20Cl2O4.C24H24Cl2O4.C24H24Cl2O2/c1-4-5-6-7-8-9-10-11-17-35-29-14-12-13-26(19-29)31-20-28(23-34)32(21-27(31)22-33)30-18-24(2)15-16-25(30)3;1-5-7-13-35-29-11-9-21(17-30(29)36-14-8-6-2)25-15-23(20-32)26(16-22(25)19-31)27-18-24(33-3)10-12-28(27)34-4;1-27-17-5-7-23(29-3)21(11-17)19-9-16(14-26)20(10-15(19)13-25)22-12-18(28-2)6-8-24(22)30-4;1-15-5-6-16(2)20(9-15)21-10-18(14-26)22(11-17(21)13-25)23-12-19(27-3)7-8-24(23)28-4/h1,12-16,18-21H,22-23H2,2-3H3;1-2,9-12,15-18H,19-20H2,3-4H3;5-12H,13-14H2,1-4H3;5-12H,13-14H2,1-4H3. The van der Waals surface area contributed by atoms with E-state index in [2.05, 4.69) is 190 Å². The van der Waals surface area contributed by atoms with E-state index in [0.717, 1.165) is 157 Å². The van der Waals surface area contributed by atoms with Gasteiger partial charge in [0, 0.05) is 105 Å². The maximum atomic E-state index is 6.40. The zero-order valence-electron chi connectivity index (χ0n) is 73.0. The van der Waals surface area contributed by atoms with E-state index in [0.29, 0.717) is 64.0 Å². The molecule has 0 saturated carbocycles. The Hall–Kier alpha value is -13.2. The molecule has 12 rings (SSSR count). The Morgan fingerprint density at radius 2 is 0.504 bits per heavy atom. The van der Waals surface area contributed by atoms with Crippen LogP contribution in [0.5, 0.6) is 63.2 Å². The summed E-state index contributed by atoms with van der Waals surface area (Å²) in [6, 6.07) is 65.2. The fourth-order valence-corrected chi connectivity index (χ4v) is 15.7. The number of hydrogen-bond acceptors (Lipinski definition) is 11. The minimum atomic E-state index is 0.246. The molecule has 0 radical (unpaired) electrons. The van der Waals surface area contributed by atoms with Crippen LogP contribution in [0.4, 0.5) is 0 Å². The van der Waals surface area contributed by atoms with E-state index in [4.69, 9.17) is 164 Å². The maximum absolute atomic E-state index is 6.40. The van der Waals surface area contributed by atoms with Crippen molar-refractivity contribution in [2.45, 2.75) is 74.7 Å². The molecule has 0 spiro atoms. The molecule has 12 aromatic carbocycles. The van der Waals surface area contributed by atoms with Crippen LogP contribution in [-0.2, 0) is 47.0 Å². The molecule has 11 nitrogen and oxygen atoms in total. The predicted molar refractivity (Wildman–Crippen MR) is 532 cm³/mol. The first kappa shape index (κ1) is 99.6. The molecule has 0 bridgehead atoms. The van der Waals surface area contributed by atoms with Crippen molar-refractivity contribution < 1.29 is 52.1 Å². The molecular weight excluding hydrogens is 1780 g/mol. The maximum Gasteiger partial charge on any atom is 0.184 e. The number of methoxy groups -OCH3 is 8. The van der Waals surface area contributed by atoms with Crippen LogP contribution in [0.3, 0.4) is 0 Å². The van der Waals surface area contributed by atoms with Gasteiger partial charge >= 0.3 is 0 Å². The summed E-state index contributed by atoms with van der Waals surface area (Å²) in [5, 5.41) is 0. The van der Waals surface area contributed by atoms with E-state index in [1.165, 1.54) is 33.4 Å². The predicted octanol–water partition coefficient (Wildman–Crippen LogP) is 27.2. The highest BCUT2D eigenvalue weighted by molar-refractivity contribution is 6.21. The molecule has 0 fully saturated rings. The van der Waals surface area contributed by atoms with E-state index in [9.17, 15) is 0 Å². The van der Waals surface area contributed by atoms with E-state index in [1.807, 2.05) is 115 Å². The first-order chi connectivity index (χ1) is 62.8. The Kier molecular flexibility index (Phi) is 39.3. The van der Waals surface area contributed by atoms with Gasteiger partial charge in [-0.25, -0.2) is 0 Å². The molecule has 0 unspecified atom stereocenters. The third-order valence-electron chi connectivity index (χ3n) is 20.3. The van der Waals surface area contributed by atoms with Gasteiger partial charge in [0.25, 0.3) is 0 Å². The van der Waals surface area contributed by atoms with Crippen molar-refractivity contribution in [1.29, 1.82) is 0 Å². The lowest BCUT2D eigenvalue weighted by Crippen LogP contribution is -1.98. The third kappa shape index (κ3) is 26.0. The van der Waals surface area contributed by atoms with Gasteiger partial charge in [-0.1, -0.05) is 65.7 Å².